The molecule has 0 saturated heterocycles. The molecule has 0 spiro atoms. The molecule has 1 rings (SSSR count). The highest BCUT2D eigenvalue weighted by Crippen LogP contribution is 2.22. The van der Waals surface area contributed by atoms with Gasteiger partial charge < -0.3 is 10.2 Å². The number of rotatable bonds is 4. The largest absolute Gasteiger partial charge is 0.382 e. The van der Waals surface area contributed by atoms with Crippen molar-refractivity contribution in [1.29, 1.82) is 0 Å². The second-order valence-electron chi connectivity index (χ2n) is 3.70. The summed E-state index contributed by atoms with van der Waals surface area (Å²) >= 11 is 5.96. The molecule has 5 nitrogen and oxygen atoms in total. The molecule has 0 aromatic heterocycles. The van der Waals surface area contributed by atoms with E-state index in [2.05, 4.69) is 10.2 Å². The molecule has 0 aliphatic rings. The van der Waals surface area contributed by atoms with Gasteiger partial charge in [0.25, 0.3) is 5.91 Å². The number of carbonyl (C=O) groups excluding carboxylic acids is 2. The molecule has 1 N–H and O–H groups in total. The van der Waals surface area contributed by atoms with E-state index < -0.39 is 18.6 Å². The summed E-state index contributed by atoms with van der Waals surface area (Å²) in [5, 5.41) is 3.78. The Morgan fingerprint density at radius 1 is 1.47 bits per heavy atom. The monoisotopic (exact) mass is 288 g/mol. The fourth-order valence-electron chi connectivity index (χ4n) is 1.39. The Balaban J connectivity index is 2.83. The molecule has 0 radical (unpaired) electrons. The van der Waals surface area contributed by atoms with Crippen LogP contribution in [-0.4, -0.2) is 37.2 Å². The van der Waals surface area contributed by atoms with Gasteiger partial charge in [0.1, 0.15) is 6.67 Å². The predicted octanol–water partition coefficient (Wildman–Crippen LogP) is 2.27. The highest BCUT2D eigenvalue weighted by molar-refractivity contribution is 6.34. The van der Waals surface area contributed by atoms with Crippen LogP contribution in [0.15, 0.2) is 18.2 Å². The molecule has 0 aliphatic carbocycles. The number of anilines is 1. The third-order valence-corrected chi connectivity index (χ3v) is 2.49. The van der Waals surface area contributed by atoms with Gasteiger partial charge in [-0.15, -0.1) is 0 Å². The first-order chi connectivity index (χ1) is 8.95. The van der Waals surface area contributed by atoms with E-state index in [-0.39, 0.29) is 17.1 Å². The van der Waals surface area contributed by atoms with E-state index in [1.807, 2.05) is 0 Å². The van der Waals surface area contributed by atoms with E-state index in [9.17, 15) is 14.0 Å². The normalized spacial score (nSPS) is 9.89. The minimum absolute atomic E-state index is 0.164. The molecule has 0 heterocycles. The Labute approximate surface area is 115 Å². The fraction of sp³-hybridized carbons (Fsp3) is 0.333. The van der Waals surface area contributed by atoms with Crippen LogP contribution in [-0.2, 0) is 9.63 Å². The molecular formula is C12H14ClFN2O3. The molecule has 0 fully saturated rings. The van der Waals surface area contributed by atoms with Gasteiger partial charge in [-0.05, 0) is 18.2 Å². The van der Waals surface area contributed by atoms with Crippen molar-refractivity contribution in [3.63, 3.8) is 0 Å². The Kier molecular flexibility index (Phi) is 5.57. The van der Waals surface area contributed by atoms with Crippen LogP contribution in [0.4, 0.5) is 10.1 Å². The number of amides is 1. The van der Waals surface area contributed by atoms with Crippen LogP contribution < -0.4 is 5.32 Å². The number of hydroxylamine groups is 2. The number of carbonyl (C=O) groups is 2. The second kappa shape index (κ2) is 6.94. The van der Waals surface area contributed by atoms with Crippen LogP contribution in [0.25, 0.3) is 0 Å². The highest BCUT2D eigenvalue weighted by Gasteiger charge is 2.17. The highest BCUT2D eigenvalue weighted by atomic mass is 35.5. The SMILES string of the molecule is CC(=O)ON(C)C(=O)c1ccc(NCCF)cc1Cl. The predicted molar refractivity (Wildman–Crippen MR) is 69.8 cm³/mol. The summed E-state index contributed by atoms with van der Waals surface area (Å²) < 4.78 is 12.0. The standard InChI is InChI=1S/C12H14ClFN2O3/c1-8(17)19-16(2)12(18)10-4-3-9(7-11(10)13)15-6-5-14/h3-4,7,15H,5-6H2,1-2H3. The first kappa shape index (κ1) is 15.2. The van der Waals surface area contributed by atoms with Crippen LogP contribution in [0.5, 0.6) is 0 Å². The Bertz CT molecular complexity index is 482. The van der Waals surface area contributed by atoms with Gasteiger partial charge in [0, 0.05) is 26.2 Å². The van der Waals surface area contributed by atoms with E-state index in [0.717, 1.165) is 5.06 Å². The summed E-state index contributed by atoms with van der Waals surface area (Å²) in [7, 11) is 1.31. The molecule has 7 heteroatoms. The zero-order valence-electron chi connectivity index (χ0n) is 10.6. The summed E-state index contributed by atoms with van der Waals surface area (Å²) in [5.74, 6) is -1.15. The summed E-state index contributed by atoms with van der Waals surface area (Å²) in [6, 6.07) is 4.58. The summed E-state index contributed by atoms with van der Waals surface area (Å²) in [4.78, 5) is 27.3. The number of benzene rings is 1. The fourth-order valence-corrected chi connectivity index (χ4v) is 1.66. The van der Waals surface area contributed by atoms with Crippen LogP contribution in [0.3, 0.4) is 0 Å². The molecule has 1 aromatic rings. The average Bonchev–Trinajstić information content (AvgIpc) is 2.34. The molecule has 0 saturated carbocycles. The van der Waals surface area contributed by atoms with Crippen molar-refractivity contribution in [2.75, 3.05) is 25.6 Å². The first-order valence-electron chi connectivity index (χ1n) is 5.51. The minimum Gasteiger partial charge on any atom is -0.382 e. The number of halogens is 2. The van der Waals surface area contributed by atoms with E-state index in [1.54, 1.807) is 6.07 Å². The quantitative estimate of drug-likeness (QED) is 0.864. The van der Waals surface area contributed by atoms with Crippen molar-refractivity contribution in [3.05, 3.63) is 28.8 Å². The van der Waals surface area contributed by atoms with Gasteiger partial charge in [-0.2, -0.15) is 5.06 Å². The molecule has 19 heavy (non-hydrogen) atoms. The lowest BCUT2D eigenvalue weighted by Gasteiger charge is -2.16. The lowest BCUT2D eigenvalue weighted by molar-refractivity contribution is -0.170. The topological polar surface area (TPSA) is 58.6 Å². The second-order valence-corrected chi connectivity index (χ2v) is 4.10. The van der Waals surface area contributed by atoms with E-state index in [4.69, 9.17) is 11.6 Å². The van der Waals surface area contributed by atoms with Crippen LogP contribution in [0, 0.1) is 0 Å². The van der Waals surface area contributed by atoms with Gasteiger partial charge in [-0.1, -0.05) is 11.6 Å². The smallest absolute Gasteiger partial charge is 0.329 e. The maximum atomic E-state index is 12.0. The maximum Gasteiger partial charge on any atom is 0.329 e. The first-order valence-corrected chi connectivity index (χ1v) is 5.89. The van der Waals surface area contributed by atoms with E-state index >= 15 is 0 Å². The maximum absolute atomic E-state index is 12.0. The molecule has 0 bridgehead atoms. The van der Waals surface area contributed by atoms with Crippen molar-refractivity contribution in [3.8, 4) is 0 Å². The molecule has 1 aromatic carbocycles. The van der Waals surface area contributed by atoms with E-state index in [1.165, 1.54) is 26.1 Å². The molecule has 1 amide bonds. The molecule has 104 valence electrons. The van der Waals surface area contributed by atoms with Gasteiger partial charge in [-0.25, -0.2) is 4.39 Å². The average molecular weight is 289 g/mol. The van der Waals surface area contributed by atoms with Gasteiger partial charge >= 0.3 is 5.97 Å². The summed E-state index contributed by atoms with van der Waals surface area (Å²) in [5.41, 5.74) is 0.797. The Morgan fingerprint density at radius 3 is 2.68 bits per heavy atom. The van der Waals surface area contributed by atoms with E-state index in [0.29, 0.717) is 5.69 Å². The van der Waals surface area contributed by atoms with Crippen molar-refractivity contribution < 1.29 is 18.8 Å². The molecule has 0 unspecified atom stereocenters. The van der Waals surface area contributed by atoms with Crippen molar-refractivity contribution in [1.82, 2.24) is 5.06 Å². The Morgan fingerprint density at radius 2 is 2.16 bits per heavy atom. The zero-order chi connectivity index (χ0) is 14.4. The van der Waals surface area contributed by atoms with Crippen molar-refractivity contribution in [2.45, 2.75) is 6.92 Å². The third-order valence-electron chi connectivity index (χ3n) is 2.17. The van der Waals surface area contributed by atoms with Crippen LogP contribution in [0.1, 0.15) is 17.3 Å². The number of hydrogen-bond donors (Lipinski definition) is 1. The summed E-state index contributed by atoms with van der Waals surface area (Å²) in [6.45, 7) is 0.847. The third kappa shape index (κ3) is 4.40. The molecule has 0 atom stereocenters. The number of hydrogen-bond acceptors (Lipinski definition) is 4. The van der Waals surface area contributed by atoms with Crippen LogP contribution in [0.2, 0.25) is 5.02 Å². The van der Waals surface area contributed by atoms with Crippen molar-refractivity contribution in [2.24, 2.45) is 0 Å². The number of alkyl halides is 1. The molecular weight excluding hydrogens is 275 g/mol. The number of nitrogens with one attached hydrogen (secondary N) is 1. The minimum atomic E-state index is -0.604. The lowest BCUT2D eigenvalue weighted by Crippen LogP contribution is -2.29. The van der Waals surface area contributed by atoms with Gasteiger partial charge in [-0.3, -0.25) is 9.59 Å². The number of nitrogens with zero attached hydrogens (tertiary/aromatic N) is 1. The van der Waals surface area contributed by atoms with Crippen LogP contribution >= 0.6 is 11.6 Å². The zero-order valence-corrected chi connectivity index (χ0v) is 11.3. The van der Waals surface area contributed by atoms with Gasteiger partial charge in [0.05, 0.1) is 10.6 Å². The van der Waals surface area contributed by atoms with Gasteiger partial charge in [0.15, 0.2) is 0 Å². The molecule has 0 aliphatic heterocycles. The lowest BCUT2D eigenvalue weighted by atomic mass is 10.2. The summed E-state index contributed by atoms with van der Waals surface area (Å²) in [6.07, 6.45) is 0. The van der Waals surface area contributed by atoms with Gasteiger partial charge in [0.2, 0.25) is 0 Å². The van der Waals surface area contributed by atoms with Crippen molar-refractivity contribution >= 4 is 29.2 Å². The Hall–Kier alpha value is -1.82.